The lowest BCUT2D eigenvalue weighted by Crippen LogP contribution is -2.36. The predicted octanol–water partition coefficient (Wildman–Crippen LogP) is 3.63. The van der Waals surface area contributed by atoms with Crippen molar-refractivity contribution in [3.8, 4) is 11.4 Å². The predicted molar refractivity (Wildman–Crippen MR) is 125 cm³/mol. The maximum atomic E-state index is 12.9. The minimum atomic E-state index is -0.305. The normalized spacial score (nSPS) is 17.2. The van der Waals surface area contributed by atoms with Crippen LogP contribution in [0, 0.1) is 0 Å². The number of pyridine rings is 1. The first kappa shape index (κ1) is 21.0. The maximum absolute atomic E-state index is 12.9. The zero-order chi connectivity index (χ0) is 21.9. The van der Waals surface area contributed by atoms with Crippen molar-refractivity contribution in [1.29, 1.82) is 0 Å². The number of rotatable bonds is 7. The van der Waals surface area contributed by atoms with Gasteiger partial charge in [0.1, 0.15) is 0 Å². The average Bonchev–Trinajstić information content (AvgIpc) is 3.60. The Morgan fingerprint density at radius 3 is 2.50 bits per heavy atom. The molecule has 3 heterocycles. The van der Waals surface area contributed by atoms with Crippen molar-refractivity contribution in [3.05, 3.63) is 48.8 Å². The van der Waals surface area contributed by atoms with Gasteiger partial charge in [-0.25, -0.2) is 0 Å². The largest absolute Gasteiger partial charge is 0.378 e. The Labute approximate surface area is 191 Å². The zero-order valence-corrected chi connectivity index (χ0v) is 18.8. The van der Waals surface area contributed by atoms with Crippen LogP contribution < -0.4 is 10.2 Å². The molecule has 2 aliphatic rings. The number of nitrogens with zero attached hydrogens (tertiary/aromatic N) is 5. The number of hydrogen-bond donors (Lipinski definition) is 1. The number of amides is 1. The van der Waals surface area contributed by atoms with Crippen molar-refractivity contribution in [2.45, 2.75) is 36.2 Å². The number of benzene rings is 1. The van der Waals surface area contributed by atoms with Crippen molar-refractivity contribution >= 4 is 29.0 Å². The van der Waals surface area contributed by atoms with E-state index in [1.807, 2.05) is 43.3 Å². The molecule has 1 aromatic carbocycles. The molecule has 0 spiro atoms. The molecule has 2 fully saturated rings. The van der Waals surface area contributed by atoms with Crippen LogP contribution in [0.1, 0.15) is 25.8 Å². The fraction of sp³-hybridized carbons (Fsp3) is 0.391. The number of nitrogens with one attached hydrogen (secondary N) is 1. The van der Waals surface area contributed by atoms with Crippen molar-refractivity contribution in [3.63, 3.8) is 0 Å². The summed E-state index contributed by atoms with van der Waals surface area (Å²) < 4.78 is 7.58. The molecule has 1 atom stereocenters. The Morgan fingerprint density at radius 1 is 1.09 bits per heavy atom. The topological polar surface area (TPSA) is 85.2 Å². The minimum absolute atomic E-state index is 0.0510. The van der Waals surface area contributed by atoms with E-state index in [9.17, 15) is 4.79 Å². The van der Waals surface area contributed by atoms with E-state index in [4.69, 9.17) is 4.74 Å². The summed E-state index contributed by atoms with van der Waals surface area (Å²) in [6.07, 6.45) is 5.74. The Bertz CT molecular complexity index is 1060. The lowest BCUT2D eigenvalue weighted by Gasteiger charge is -2.28. The third kappa shape index (κ3) is 4.63. The zero-order valence-electron chi connectivity index (χ0n) is 18.0. The van der Waals surface area contributed by atoms with Crippen LogP contribution in [0.4, 0.5) is 11.4 Å². The first-order valence-corrected chi connectivity index (χ1v) is 11.8. The van der Waals surface area contributed by atoms with Gasteiger partial charge < -0.3 is 15.0 Å². The van der Waals surface area contributed by atoms with Crippen molar-refractivity contribution in [2.24, 2.45) is 0 Å². The first-order valence-electron chi connectivity index (χ1n) is 10.9. The highest BCUT2D eigenvalue weighted by atomic mass is 32.2. The SMILES string of the molecule is C[C@H](Sc1nnc(-c2ccncc2)n1C1CC1)C(=O)Nc1ccc(N2CCOCC2)cc1. The van der Waals surface area contributed by atoms with Crippen LogP contribution in [-0.2, 0) is 9.53 Å². The molecule has 1 N–H and O–H groups in total. The number of aromatic nitrogens is 4. The lowest BCUT2D eigenvalue weighted by molar-refractivity contribution is -0.115. The lowest BCUT2D eigenvalue weighted by atomic mass is 10.2. The van der Waals surface area contributed by atoms with Gasteiger partial charge in [-0.2, -0.15) is 0 Å². The third-order valence-corrected chi connectivity index (χ3v) is 6.73. The monoisotopic (exact) mass is 450 g/mol. The summed E-state index contributed by atoms with van der Waals surface area (Å²) in [5.41, 5.74) is 2.93. The molecule has 9 heteroatoms. The van der Waals surface area contributed by atoms with E-state index < -0.39 is 0 Å². The summed E-state index contributed by atoms with van der Waals surface area (Å²) in [6, 6.07) is 12.3. The average molecular weight is 451 g/mol. The molecule has 1 saturated heterocycles. The maximum Gasteiger partial charge on any atom is 0.237 e. The summed E-state index contributed by atoms with van der Waals surface area (Å²) in [5.74, 6) is 0.786. The number of carbonyl (C=O) groups is 1. The van der Waals surface area contributed by atoms with Gasteiger partial charge in [0.2, 0.25) is 5.91 Å². The molecule has 0 radical (unpaired) electrons. The van der Waals surface area contributed by atoms with E-state index in [0.717, 1.165) is 67.1 Å². The summed E-state index contributed by atoms with van der Waals surface area (Å²) in [6.45, 7) is 5.19. The number of carbonyl (C=O) groups excluding carboxylic acids is 1. The fourth-order valence-electron chi connectivity index (χ4n) is 3.75. The van der Waals surface area contributed by atoms with Gasteiger partial charge in [0.25, 0.3) is 0 Å². The van der Waals surface area contributed by atoms with Crippen molar-refractivity contribution in [2.75, 3.05) is 36.5 Å². The Hall–Kier alpha value is -2.91. The molecule has 1 saturated carbocycles. The van der Waals surface area contributed by atoms with Gasteiger partial charge >= 0.3 is 0 Å². The van der Waals surface area contributed by atoms with Gasteiger partial charge in [-0.15, -0.1) is 10.2 Å². The van der Waals surface area contributed by atoms with Gasteiger partial charge in [0.15, 0.2) is 11.0 Å². The van der Waals surface area contributed by atoms with Gasteiger partial charge in [-0.1, -0.05) is 11.8 Å². The third-order valence-electron chi connectivity index (χ3n) is 5.68. The highest BCUT2D eigenvalue weighted by Crippen LogP contribution is 2.41. The molecule has 166 valence electrons. The van der Waals surface area contributed by atoms with Crippen molar-refractivity contribution in [1.82, 2.24) is 19.7 Å². The van der Waals surface area contributed by atoms with Crippen LogP contribution in [0.5, 0.6) is 0 Å². The minimum Gasteiger partial charge on any atom is -0.378 e. The molecule has 5 rings (SSSR count). The quantitative estimate of drug-likeness (QED) is 0.550. The van der Waals surface area contributed by atoms with Crippen LogP contribution >= 0.6 is 11.8 Å². The Balaban J connectivity index is 1.25. The molecule has 8 nitrogen and oxygen atoms in total. The van der Waals surface area contributed by atoms with E-state index in [-0.39, 0.29) is 11.2 Å². The van der Waals surface area contributed by atoms with Crippen LogP contribution in [-0.4, -0.2) is 57.2 Å². The first-order chi connectivity index (χ1) is 15.7. The molecule has 32 heavy (non-hydrogen) atoms. The van der Waals surface area contributed by atoms with E-state index in [0.29, 0.717) is 6.04 Å². The number of anilines is 2. The molecule has 2 aromatic heterocycles. The van der Waals surface area contributed by atoms with Crippen LogP contribution in [0.2, 0.25) is 0 Å². The number of morpholine rings is 1. The summed E-state index contributed by atoms with van der Waals surface area (Å²) in [5, 5.41) is 12.3. The van der Waals surface area contributed by atoms with Gasteiger partial charge in [-0.3, -0.25) is 14.3 Å². The summed E-state index contributed by atoms with van der Waals surface area (Å²) in [7, 11) is 0. The van der Waals surface area contributed by atoms with E-state index in [1.54, 1.807) is 12.4 Å². The summed E-state index contributed by atoms with van der Waals surface area (Å²) in [4.78, 5) is 19.2. The molecule has 1 amide bonds. The molecule has 3 aromatic rings. The number of ether oxygens (including phenoxy) is 1. The Morgan fingerprint density at radius 2 is 1.81 bits per heavy atom. The van der Waals surface area contributed by atoms with E-state index >= 15 is 0 Å². The van der Waals surface area contributed by atoms with Crippen LogP contribution in [0.3, 0.4) is 0 Å². The Kier molecular flexibility index (Phi) is 6.09. The highest BCUT2D eigenvalue weighted by Gasteiger charge is 2.31. The fourth-order valence-corrected chi connectivity index (χ4v) is 4.67. The van der Waals surface area contributed by atoms with Gasteiger partial charge in [0.05, 0.1) is 18.5 Å². The second kappa shape index (κ2) is 9.30. The van der Waals surface area contributed by atoms with Gasteiger partial charge in [0, 0.05) is 48.5 Å². The second-order valence-electron chi connectivity index (χ2n) is 8.04. The molecule has 0 unspecified atom stereocenters. The van der Waals surface area contributed by atoms with E-state index in [2.05, 4.69) is 30.0 Å². The molecular weight excluding hydrogens is 424 g/mol. The number of hydrogen-bond acceptors (Lipinski definition) is 7. The smallest absolute Gasteiger partial charge is 0.237 e. The van der Waals surface area contributed by atoms with Gasteiger partial charge in [-0.05, 0) is 56.2 Å². The molecule has 0 bridgehead atoms. The standard InChI is InChI=1S/C23H26N6O2S/c1-16(22(30)25-18-2-4-19(5-3-18)28-12-14-31-15-13-28)32-23-27-26-21(29(23)20-6-7-20)17-8-10-24-11-9-17/h2-5,8-11,16,20H,6-7,12-15H2,1H3,(H,25,30)/t16-/m0/s1. The summed E-state index contributed by atoms with van der Waals surface area (Å²) >= 11 is 1.45. The molecular formula is C23H26N6O2S. The molecule has 1 aliphatic heterocycles. The molecule has 1 aliphatic carbocycles. The van der Waals surface area contributed by atoms with Crippen molar-refractivity contribution < 1.29 is 9.53 Å². The van der Waals surface area contributed by atoms with Crippen LogP contribution in [0.25, 0.3) is 11.4 Å². The number of thioether (sulfide) groups is 1. The second-order valence-corrected chi connectivity index (χ2v) is 9.35. The highest BCUT2D eigenvalue weighted by molar-refractivity contribution is 8.00. The van der Waals surface area contributed by atoms with Crippen LogP contribution in [0.15, 0.2) is 53.9 Å². The van der Waals surface area contributed by atoms with E-state index in [1.165, 1.54) is 11.8 Å².